The van der Waals surface area contributed by atoms with Crippen LogP contribution in [0.25, 0.3) is 5.57 Å². The Morgan fingerprint density at radius 1 is 1.11 bits per heavy atom. The monoisotopic (exact) mass is 256 g/mol. The maximum absolute atomic E-state index is 4.06. The van der Waals surface area contributed by atoms with Crippen LogP contribution in [0.1, 0.15) is 44.6 Å². The van der Waals surface area contributed by atoms with Crippen LogP contribution in [0, 0.1) is 0 Å². The summed E-state index contributed by atoms with van der Waals surface area (Å²) in [6.07, 6.45) is 17.2. The number of rotatable bonds is 7. The van der Waals surface area contributed by atoms with E-state index in [2.05, 4.69) is 47.3 Å². The molecule has 0 fully saturated rings. The first-order valence-electron chi connectivity index (χ1n) is 7.43. The first kappa shape index (κ1) is 13.9. The van der Waals surface area contributed by atoms with Gasteiger partial charge in [-0.3, -0.25) is 4.98 Å². The highest BCUT2D eigenvalue weighted by Gasteiger charge is 2.05. The highest BCUT2D eigenvalue weighted by atomic mass is 15.1. The van der Waals surface area contributed by atoms with Crippen molar-refractivity contribution in [1.82, 2.24) is 9.88 Å². The molecule has 0 bridgehead atoms. The van der Waals surface area contributed by atoms with Gasteiger partial charge < -0.3 is 4.90 Å². The van der Waals surface area contributed by atoms with E-state index in [0.29, 0.717) is 0 Å². The largest absolute Gasteiger partial charge is 0.374 e. The van der Waals surface area contributed by atoms with Gasteiger partial charge >= 0.3 is 0 Å². The molecule has 0 aromatic carbocycles. The van der Waals surface area contributed by atoms with Crippen molar-refractivity contribution in [2.24, 2.45) is 0 Å². The van der Waals surface area contributed by atoms with Gasteiger partial charge in [-0.05, 0) is 42.0 Å². The zero-order valence-electron chi connectivity index (χ0n) is 11.9. The lowest BCUT2D eigenvalue weighted by molar-refractivity contribution is 0.394. The molecule has 1 aliphatic heterocycles. The van der Waals surface area contributed by atoms with Crippen LogP contribution in [0.4, 0.5) is 0 Å². The number of hydrogen-bond acceptors (Lipinski definition) is 2. The number of hydrogen-bond donors (Lipinski definition) is 0. The van der Waals surface area contributed by atoms with Gasteiger partial charge in [0.25, 0.3) is 0 Å². The Kier molecular flexibility index (Phi) is 5.67. The molecule has 0 atom stereocenters. The predicted molar refractivity (Wildman–Crippen MR) is 81.7 cm³/mol. The van der Waals surface area contributed by atoms with Crippen molar-refractivity contribution in [3.63, 3.8) is 0 Å². The smallest absolute Gasteiger partial charge is 0.0363 e. The Morgan fingerprint density at radius 2 is 1.89 bits per heavy atom. The summed E-state index contributed by atoms with van der Waals surface area (Å²) in [7, 11) is 0. The second-order valence-electron chi connectivity index (χ2n) is 5.12. The van der Waals surface area contributed by atoms with Gasteiger partial charge in [0.15, 0.2) is 0 Å². The number of aromatic nitrogens is 1. The van der Waals surface area contributed by atoms with Crippen LogP contribution < -0.4 is 0 Å². The number of allylic oxidation sites excluding steroid dienone is 2. The van der Waals surface area contributed by atoms with Gasteiger partial charge in [-0.2, -0.15) is 0 Å². The lowest BCUT2D eigenvalue weighted by atomic mass is 10.1. The molecule has 19 heavy (non-hydrogen) atoms. The summed E-state index contributed by atoms with van der Waals surface area (Å²) in [5, 5.41) is 0. The summed E-state index contributed by atoms with van der Waals surface area (Å²) >= 11 is 0. The molecule has 2 rings (SSSR count). The Labute approximate surface area is 116 Å². The molecule has 1 aromatic heterocycles. The van der Waals surface area contributed by atoms with Crippen molar-refractivity contribution in [2.45, 2.75) is 39.0 Å². The second kappa shape index (κ2) is 7.78. The van der Waals surface area contributed by atoms with E-state index < -0.39 is 0 Å². The van der Waals surface area contributed by atoms with Gasteiger partial charge in [0.2, 0.25) is 0 Å². The standard InChI is InChI=1S/C17H24N2/c1-2-3-4-5-6-13-19-14-9-17(10-15-19)16-7-11-18-12-8-16/h7-12,14H,2-6,13,15H2,1H3. The number of nitrogens with zero attached hydrogens (tertiary/aromatic N) is 2. The van der Waals surface area contributed by atoms with Crippen LogP contribution >= 0.6 is 0 Å². The molecule has 0 saturated heterocycles. The third-order valence-electron chi connectivity index (χ3n) is 3.57. The molecule has 0 amide bonds. The molecule has 2 nitrogen and oxygen atoms in total. The third kappa shape index (κ3) is 4.55. The van der Waals surface area contributed by atoms with Crippen molar-refractivity contribution < 1.29 is 0 Å². The maximum Gasteiger partial charge on any atom is 0.0363 e. The summed E-state index contributed by atoms with van der Waals surface area (Å²) in [5.41, 5.74) is 2.57. The molecule has 0 aliphatic carbocycles. The normalized spacial score (nSPS) is 14.6. The van der Waals surface area contributed by atoms with Crippen LogP contribution in [0.15, 0.2) is 42.9 Å². The lowest BCUT2D eigenvalue weighted by Crippen LogP contribution is -2.20. The Balaban J connectivity index is 1.73. The molecule has 0 saturated carbocycles. The van der Waals surface area contributed by atoms with Gasteiger partial charge in [0.1, 0.15) is 0 Å². The van der Waals surface area contributed by atoms with E-state index in [1.165, 1.54) is 49.8 Å². The first-order valence-corrected chi connectivity index (χ1v) is 7.43. The minimum atomic E-state index is 1.03. The molecule has 2 heterocycles. The zero-order chi connectivity index (χ0) is 13.3. The fourth-order valence-electron chi connectivity index (χ4n) is 2.37. The molecule has 0 N–H and O–H groups in total. The molecule has 0 unspecified atom stereocenters. The van der Waals surface area contributed by atoms with Crippen LogP contribution in [0.2, 0.25) is 0 Å². The van der Waals surface area contributed by atoms with Gasteiger partial charge in [-0.25, -0.2) is 0 Å². The fourth-order valence-corrected chi connectivity index (χ4v) is 2.37. The number of pyridine rings is 1. The zero-order valence-corrected chi connectivity index (χ0v) is 11.9. The van der Waals surface area contributed by atoms with Gasteiger partial charge in [-0.1, -0.05) is 38.7 Å². The van der Waals surface area contributed by atoms with Crippen LogP contribution in [-0.2, 0) is 0 Å². The van der Waals surface area contributed by atoms with E-state index in [-0.39, 0.29) is 0 Å². The van der Waals surface area contributed by atoms with Crippen LogP contribution in [-0.4, -0.2) is 23.0 Å². The van der Waals surface area contributed by atoms with E-state index in [1.54, 1.807) is 0 Å². The minimum Gasteiger partial charge on any atom is -0.374 e. The summed E-state index contributed by atoms with van der Waals surface area (Å²) in [4.78, 5) is 6.46. The van der Waals surface area contributed by atoms with Crippen molar-refractivity contribution in [3.05, 3.63) is 48.4 Å². The average Bonchev–Trinajstić information content (AvgIpc) is 2.49. The van der Waals surface area contributed by atoms with Gasteiger partial charge in [0, 0.05) is 25.5 Å². The minimum absolute atomic E-state index is 1.03. The number of unbranched alkanes of at least 4 members (excludes halogenated alkanes) is 4. The SMILES string of the molecule is CCCCCCCN1C=CC(c2ccncc2)=CC1. The van der Waals surface area contributed by atoms with Crippen molar-refractivity contribution in [2.75, 3.05) is 13.1 Å². The summed E-state index contributed by atoms with van der Waals surface area (Å²) in [5.74, 6) is 0. The van der Waals surface area contributed by atoms with Gasteiger partial charge in [-0.15, -0.1) is 0 Å². The van der Waals surface area contributed by atoms with E-state index in [1.807, 2.05) is 12.4 Å². The quantitative estimate of drug-likeness (QED) is 0.677. The average molecular weight is 256 g/mol. The summed E-state index contributed by atoms with van der Waals surface area (Å²) < 4.78 is 0. The second-order valence-corrected chi connectivity index (χ2v) is 5.12. The first-order chi connectivity index (χ1) is 9.40. The van der Waals surface area contributed by atoms with Crippen molar-refractivity contribution in [1.29, 1.82) is 0 Å². The summed E-state index contributed by atoms with van der Waals surface area (Å²) in [6.45, 7) is 4.47. The fraction of sp³-hybridized carbons (Fsp3) is 0.471. The maximum atomic E-state index is 4.06. The molecule has 0 radical (unpaired) electrons. The van der Waals surface area contributed by atoms with Crippen LogP contribution in [0.5, 0.6) is 0 Å². The topological polar surface area (TPSA) is 16.1 Å². The molecule has 0 spiro atoms. The molecule has 1 aliphatic rings. The van der Waals surface area contributed by atoms with E-state index in [0.717, 1.165) is 6.54 Å². The van der Waals surface area contributed by atoms with E-state index in [4.69, 9.17) is 0 Å². The molecule has 102 valence electrons. The highest BCUT2D eigenvalue weighted by Crippen LogP contribution is 2.19. The van der Waals surface area contributed by atoms with E-state index >= 15 is 0 Å². The molecule has 1 aromatic rings. The molecule has 2 heteroatoms. The Morgan fingerprint density at radius 3 is 2.58 bits per heavy atom. The Bertz CT molecular complexity index is 420. The van der Waals surface area contributed by atoms with Crippen molar-refractivity contribution in [3.8, 4) is 0 Å². The lowest BCUT2D eigenvalue weighted by Gasteiger charge is -2.22. The van der Waals surface area contributed by atoms with Crippen molar-refractivity contribution >= 4 is 5.57 Å². The van der Waals surface area contributed by atoms with E-state index in [9.17, 15) is 0 Å². The Hall–Kier alpha value is -1.57. The predicted octanol–water partition coefficient (Wildman–Crippen LogP) is 4.26. The molecular formula is C17H24N2. The summed E-state index contributed by atoms with van der Waals surface area (Å²) in [6, 6.07) is 4.13. The highest BCUT2D eigenvalue weighted by molar-refractivity contribution is 5.74. The van der Waals surface area contributed by atoms with Crippen LogP contribution in [0.3, 0.4) is 0 Å². The molecular weight excluding hydrogens is 232 g/mol. The third-order valence-corrected chi connectivity index (χ3v) is 3.57. The van der Waals surface area contributed by atoms with Gasteiger partial charge in [0.05, 0.1) is 0 Å².